The fourth-order valence-corrected chi connectivity index (χ4v) is 6.14. The minimum absolute atomic E-state index is 0.0464. The summed E-state index contributed by atoms with van der Waals surface area (Å²) < 4.78 is 51.5. The summed E-state index contributed by atoms with van der Waals surface area (Å²) in [5.74, 6) is 0. The van der Waals surface area contributed by atoms with Crippen LogP contribution in [0.4, 0.5) is 0 Å². The van der Waals surface area contributed by atoms with Gasteiger partial charge in [-0.15, -0.1) is 0 Å². The van der Waals surface area contributed by atoms with Crippen LogP contribution in [0.5, 0.6) is 0 Å². The van der Waals surface area contributed by atoms with Crippen molar-refractivity contribution in [2.45, 2.75) is 19.6 Å². The molecule has 0 amide bonds. The van der Waals surface area contributed by atoms with Crippen molar-refractivity contribution in [1.82, 2.24) is 0 Å². The lowest BCUT2D eigenvalue weighted by atomic mass is 10.3. The maximum atomic E-state index is 12.9. The Kier molecular flexibility index (Phi) is 5.57. The normalized spacial score (nSPS) is 12.1. The van der Waals surface area contributed by atoms with E-state index in [0.29, 0.717) is 10.0 Å². The summed E-state index contributed by atoms with van der Waals surface area (Å²) in [6, 6.07) is 14.9. The predicted octanol–water partition coefficient (Wildman–Crippen LogP) is 5.31. The summed E-state index contributed by atoms with van der Waals surface area (Å²) in [5, 5.41) is 0.376. The van der Waals surface area contributed by atoms with E-state index in [1.54, 1.807) is 0 Å². The van der Waals surface area contributed by atoms with Gasteiger partial charge in [-0.05, 0) is 60.7 Å². The van der Waals surface area contributed by atoms with Gasteiger partial charge >= 0.3 is 0 Å². The number of hydrogen-bond donors (Lipinski definition) is 0. The lowest BCUT2D eigenvalue weighted by Crippen LogP contribution is -2.08. The third-order valence-electron chi connectivity index (χ3n) is 3.75. The minimum Gasteiger partial charge on any atom is -0.218 e. The lowest BCUT2D eigenvalue weighted by molar-refractivity contribution is 0.594. The minimum atomic E-state index is -4.03. The van der Waals surface area contributed by atoms with Crippen LogP contribution in [0.3, 0.4) is 0 Å². The molecule has 3 aromatic rings. The third kappa shape index (κ3) is 3.86. The molecule has 3 aromatic carbocycles. The van der Waals surface area contributed by atoms with Gasteiger partial charge in [0.1, 0.15) is 0 Å². The van der Waals surface area contributed by atoms with Crippen LogP contribution in [0, 0.1) is 0 Å². The van der Waals surface area contributed by atoms with Gasteiger partial charge in [0, 0.05) is 10.0 Å². The van der Waals surface area contributed by atoms with E-state index < -0.39 is 19.7 Å². The van der Waals surface area contributed by atoms with Gasteiger partial charge < -0.3 is 0 Å². The van der Waals surface area contributed by atoms with Crippen LogP contribution < -0.4 is 0 Å². The van der Waals surface area contributed by atoms with Gasteiger partial charge in [-0.1, -0.05) is 40.9 Å². The molecule has 0 atom stereocenters. The molecule has 4 nitrogen and oxygen atoms in total. The molecule has 0 aliphatic heterocycles. The van der Waals surface area contributed by atoms with E-state index in [2.05, 4.69) is 0 Å². The maximum absolute atomic E-state index is 12.9. The first-order chi connectivity index (χ1) is 12.6. The van der Waals surface area contributed by atoms with Gasteiger partial charge in [0.2, 0.25) is 19.7 Å². The predicted molar refractivity (Wildman–Crippen MR) is 105 cm³/mol. The first kappa shape index (κ1) is 20.2. The summed E-state index contributed by atoms with van der Waals surface area (Å²) in [5.41, 5.74) is 0. The van der Waals surface area contributed by atoms with E-state index in [9.17, 15) is 16.8 Å². The van der Waals surface area contributed by atoms with E-state index >= 15 is 0 Å². The third-order valence-corrected chi connectivity index (χ3v) is 8.51. The summed E-state index contributed by atoms with van der Waals surface area (Å²) in [6.45, 7) is 0. The van der Waals surface area contributed by atoms with Crippen LogP contribution in [0.15, 0.2) is 86.3 Å². The quantitative estimate of drug-likeness (QED) is 0.528. The Morgan fingerprint density at radius 3 is 1.19 bits per heavy atom. The van der Waals surface area contributed by atoms with Gasteiger partial charge in [-0.2, -0.15) is 0 Å². The standard InChI is InChI=1S/C18H11Cl3O4S2/c19-12-4-8-14(9-5-12)26(22,23)16-2-1-3-17(18(16)21)27(24,25)15-10-6-13(20)7-11-15/h1-11H. The fraction of sp³-hybridized carbons (Fsp3) is 0. The van der Waals surface area contributed by atoms with Crippen molar-refractivity contribution in [3.8, 4) is 0 Å². The fourth-order valence-electron chi connectivity index (χ4n) is 2.39. The molecule has 0 aromatic heterocycles. The molecule has 0 saturated carbocycles. The molecule has 0 aliphatic carbocycles. The highest BCUT2D eigenvalue weighted by molar-refractivity contribution is 7.92. The number of hydrogen-bond acceptors (Lipinski definition) is 4. The van der Waals surface area contributed by atoms with Crippen molar-refractivity contribution in [2.75, 3.05) is 0 Å². The van der Waals surface area contributed by atoms with E-state index in [4.69, 9.17) is 34.8 Å². The molecule has 27 heavy (non-hydrogen) atoms. The molecule has 0 radical (unpaired) electrons. The van der Waals surface area contributed by atoms with E-state index in [1.807, 2.05) is 0 Å². The highest BCUT2D eigenvalue weighted by Gasteiger charge is 2.28. The molecule has 3 rings (SSSR count). The van der Waals surface area contributed by atoms with E-state index in [1.165, 1.54) is 66.7 Å². The van der Waals surface area contributed by atoms with Crippen LogP contribution in [0.2, 0.25) is 15.1 Å². The Bertz CT molecular complexity index is 1110. The summed E-state index contributed by atoms with van der Waals surface area (Å²) >= 11 is 17.8. The molecular formula is C18H11Cl3O4S2. The first-order valence-corrected chi connectivity index (χ1v) is 11.5. The Labute approximate surface area is 172 Å². The number of sulfone groups is 2. The highest BCUT2D eigenvalue weighted by Crippen LogP contribution is 2.35. The van der Waals surface area contributed by atoms with Crippen molar-refractivity contribution < 1.29 is 16.8 Å². The molecule has 9 heteroatoms. The highest BCUT2D eigenvalue weighted by atomic mass is 35.5. The average Bonchev–Trinajstić information content (AvgIpc) is 2.62. The van der Waals surface area contributed by atoms with E-state index in [0.717, 1.165) is 0 Å². The maximum Gasteiger partial charge on any atom is 0.208 e. The zero-order chi connectivity index (χ0) is 19.8. The Balaban J connectivity index is 2.17. The Morgan fingerprint density at radius 2 is 0.852 bits per heavy atom. The van der Waals surface area contributed by atoms with Crippen LogP contribution in [-0.2, 0) is 19.7 Å². The molecule has 0 heterocycles. The lowest BCUT2D eigenvalue weighted by Gasteiger charge is -2.11. The monoisotopic (exact) mass is 460 g/mol. The second-order valence-electron chi connectivity index (χ2n) is 5.48. The summed E-state index contributed by atoms with van der Waals surface area (Å²) in [6.07, 6.45) is 0. The first-order valence-electron chi connectivity index (χ1n) is 7.44. The van der Waals surface area contributed by atoms with Gasteiger partial charge in [-0.3, -0.25) is 0 Å². The van der Waals surface area contributed by atoms with E-state index in [-0.39, 0.29) is 24.6 Å². The van der Waals surface area contributed by atoms with Gasteiger partial charge in [0.15, 0.2) is 0 Å². The average molecular weight is 462 g/mol. The SMILES string of the molecule is O=S(=O)(c1ccc(Cl)cc1)c1cccc(S(=O)(=O)c2ccc(Cl)cc2)c1Cl. The second-order valence-corrected chi connectivity index (χ2v) is 10.6. The summed E-state index contributed by atoms with van der Waals surface area (Å²) in [4.78, 5) is -0.701. The number of benzene rings is 3. The zero-order valence-electron chi connectivity index (χ0n) is 13.4. The van der Waals surface area contributed by atoms with Gasteiger partial charge in [-0.25, -0.2) is 16.8 Å². The van der Waals surface area contributed by atoms with Crippen LogP contribution >= 0.6 is 34.8 Å². The molecule has 0 unspecified atom stereocenters. The molecule has 0 fully saturated rings. The Morgan fingerprint density at radius 1 is 0.519 bits per heavy atom. The van der Waals surface area contributed by atoms with Gasteiger partial charge in [0.25, 0.3) is 0 Å². The zero-order valence-corrected chi connectivity index (χ0v) is 17.3. The van der Waals surface area contributed by atoms with Gasteiger partial charge in [0.05, 0.1) is 24.6 Å². The molecule has 0 N–H and O–H groups in total. The molecule has 0 aliphatic rings. The summed E-state index contributed by atoms with van der Waals surface area (Å²) in [7, 11) is -8.07. The van der Waals surface area contributed by atoms with Crippen molar-refractivity contribution in [2.24, 2.45) is 0 Å². The molecule has 0 bridgehead atoms. The molecule has 0 saturated heterocycles. The van der Waals surface area contributed by atoms with Crippen LogP contribution in [0.1, 0.15) is 0 Å². The molecular weight excluding hydrogens is 451 g/mol. The molecule has 140 valence electrons. The van der Waals surface area contributed by atoms with Crippen LogP contribution in [0.25, 0.3) is 0 Å². The van der Waals surface area contributed by atoms with Crippen molar-refractivity contribution in [3.63, 3.8) is 0 Å². The van der Waals surface area contributed by atoms with Crippen LogP contribution in [-0.4, -0.2) is 16.8 Å². The Hall–Kier alpha value is -1.57. The topological polar surface area (TPSA) is 68.3 Å². The van der Waals surface area contributed by atoms with Crippen molar-refractivity contribution in [1.29, 1.82) is 0 Å². The second kappa shape index (κ2) is 7.45. The van der Waals surface area contributed by atoms with Crippen molar-refractivity contribution in [3.05, 3.63) is 81.8 Å². The number of halogens is 3. The molecule has 0 spiro atoms. The van der Waals surface area contributed by atoms with Crippen molar-refractivity contribution >= 4 is 54.5 Å². The number of rotatable bonds is 4. The smallest absolute Gasteiger partial charge is 0.208 e. The largest absolute Gasteiger partial charge is 0.218 e.